The quantitative estimate of drug-likeness (QED) is 0.856. The summed E-state index contributed by atoms with van der Waals surface area (Å²) in [5.41, 5.74) is 2.35. The number of rotatable bonds is 3. The first-order valence-corrected chi connectivity index (χ1v) is 5.21. The Bertz CT molecular complexity index is 460. The monoisotopic (exact) mass is 218 g/mol. The predicted octanol–water partition coefficient (Wildman–Crippen LogP) is 2.02. The van der Waals surface area contributed by atoms with Crippen LogP contribution in [0.4, 0.5) is 0 Å². The molecule has 1 aromatic heterocycles. The Morgan fingerprint density at radius 2 is 2.00 bits per heavy atom. The summed E-state index contributed by atoms with van der Waals surface area (Å²) in [6.45, 7) is 3.65. The average Bonchev–Trinajstić information content (AvgIpc) is 2.70. The summed E-state index contributed by atoms with van der Waals surface area (Å²) in [5.74, 6) is 0.863. The molecule has 16 heavy (non-hydrogen) atoms. The number of aromatic nitrogens is 2. The minimum absolute atomic E-state index is 0.266. The zero-order valence-electron chi connectivity index (χ0n) is 9.34. The number of hydrogen-bond donors (Lipinski definition) is 1. The molecule has 1 unspecified atom stereocenters. The highest BCUT2D eigenvalue weighted by Gasteiger charge is 2.11. The molecule has 0 saturated heterocycles. The van der Waals surface area contributed by atoms with Crippen LogP contribution in [0, 0.1) is 6.92 Å². The van der Waals surface area contributed by atoms with Gasteiger partial charge in [0.05, 0.1) is 0 Å². The highest BCUT2D eigenvalue weighted by Crippen LogP contribution is 2.12. The number of aliphatic hydroxyl groups is 1. The molecule has 4 nitrogen and oxygen atoms in total. The van der Waals surface area contributed by atoms with Gasteiger partial charge in [0.2, 0.25) is 0 Å². The predicted molar refractivity (Wildman–Crippen MR) is 58.9 cm³/mol. The number of aliphatic hydroxyl groups excluding tert-OH is 1. The molecule has 0 bridgehead atoms. The van der Waals surface area contributed by atoms with E-state index in [4.69, 9.17) is 4.52 Å². The van der Waals surface area contributed by atoms with Crippen molar-refractivity contribution in [2.45, 2.75) is 26.4 Å². The lowest BCUT2D eigenvalue weighted by Crippen LogP contribution is -1.93. The van der Waals surface area contributed by atoms with Crippen molar-refractivity contribution in [2.75, 3.05) is 0 Å². The Morgan fingerprint density at radius 1 is 1.31 bits per heavy atom. The van der Waals surface area contributed by atoms with Crippen molar-refractivity contribution in [3.8, 4) is 0 Å². The molecule has 1 aromatic carbocycles. The Kier molecular flexibility index (Phi) is 3.01. The molecule has 84 valence electrons. The summed E-state index contributed by atoms with van der Waals surface area (Å²) in [4.78, 5) is 4.10. The fourth-order valence-corrected chi connectivity index (χ4v) is 1.40. The molecule has 0 amide bonds. The molecule has 1 heterocycles. The van der Waals surface area contributed by atoms with E-state index in [1.54, 1.807) is 6.92 Å². The van der Waals surface area contributed by atoms with Gasteiger partial charge < -0.3 is 9.63 Å². The second-order valence-electron chi connectivity index (χ2n) is 3.89. The number of benzene rings is 1. The van der Waals surface area contributed by atoms with Gasteiger partial charge in [0.25, 0.3) is 5.89 Å². The van der Waals surface area contributed by atoms with E-state index >= 15 is 0 Å². The molecule has 0 aliphatic rings. The summed E-state index contributed by atoms with van der Waals surface area (Å²) in [7, 11) is 0. The van der Waals surface area contributed by atoms with Gasteiger partial charge in [-0.25, -0.2) is 0 Å². The summed E-state index contributed by atoms with van der Waals surface area (Å²) in [5, 5.41) is 13.1. The molecule has 1 N–H and O–H groups in total. The van der Waals surface area contributed by atoms with Gasteiger partial charge in [-0.1, -0.05) is 35.0 Å². The molecular formula is C12H14N2O2. The Morgan fingerprint density at radius 3 is 2.56 bits per heavy atom. The maximum absolute atomic E-state index is 9.24. The van der Waals surface area contributed by atoms with Gasteiger partial charge in [0.15, 0.2) is 5.82 Å². The lowest BCUT2D eigenvalue weighted by atomic mass is 10.1. The second-order valence-corrected chi connectivity index (χ2v) is 3.89. The van der Waals surface area contributed by atoms with Crippen molar-refractivity contribution >= 4 is 0 Å². The van der Waals surface area contributed by atoms with Gasteiger partial charge in [-0.15, -0.1) is 0 Å². The van der Waals surface area contributed by atoms with Gasteiger partial charge in [0.1, 0.15) is 6.10 Å². The van der Waals surface area contributed by atoms with Crippen LogP contribution in [0.5, 0.6) is 0 Å². The van der Waals surface area contributed by atoms with Crippen molar-refractivity contribution in [3.63, 3.8) is 0 Å². The minimum Gasteiger partial charge on any atom is -0.384 e. The summed E-state index contributed by atoms with van der Waals surface area (Å²) < 4.78 is 4.91. The Labute approximate surface area is 93.9 Å². The third kappa shape index (κ3) is 2.46. The number of hydrogen-bond acceptors (Lipinski definition) is 4. The van der Waals surface area contributed by atoms with Crippen LogP contribution >= 0.6 is 0 Å². The van der Waals surface area contributed by atoms with E-state index in [0.29, 0.717) is 12.2 Å². The van der Waals surface area contributed by atoms with E-state index in [1.807, 2.05) is 31.2 Å². The molecule has 0 spiro atoms. The average molecular weight is 218 g/mol. The second kappa shape index (κ2) is 4.45. The Hall–Kier alpha value is -1.68. The van der Waals surface area contributed by atoms with Crippen LogP contribution in [0.3, 0.4) is 0 Å². The first-order chi connectivity index (χ1) is 7.65. The first-order valence-electron chi connectivity index (χ1n) is 5.21. The van der Waals surface area contributed by atoms with Crippen LogP contribution in [-0.2, 0) is 6.42 Å². The normalized spacial score (nSPS) is 12.7. The zero-order chi connectivity index (χ0) is 11.5. The van der Waals surface area contributed by atoms with Crippen molar-refractivity contribution < 1.29 is 9.63 Å². The van der Waals surface area contributed by atoms with Gasteiger partial charge in [0, 0.05) is 6.42 Å². The first kappa shape index (κ1) is 10.8. The van der Waals surface area contributed by atoms with Crippen LogP contribution in [0.15, 0.2) is 28.8 Å². The zero-order valence-corrected chi connectivity index (χ0v) is 9.34. The van der Waals surface area contributed by atoms with Gasteiger partial charge in [-0.2, -0.15) is 4.98 Å². The summed E-state index contributed by atoms with van der Waals surface area (Å²) in [6.07, 6.45) is -0.0875. The van der Waals surface area contributed by atoms with Crippen molar-refractivity contribution in [2.24, 2.45) is 0 Å². The topological polar surface area (TPSA) is 59.2 Å². The third-order valence-corrected chi connectivity index (χ3v) is 2.32. The third-order valence-electron chi connectivity index (χ3n) is 2.32. The molecule has 0 fully saturated rings. The maximum atomic E-state index is 9.24. The largest absolute Gasteiger partial charge is 0.384 e. The molecule has 0 aliphatic heterocycles. The van der Waals surface area contributed by atoms with E-state index in [2.05, 4.69) is 10.1 Å². The van der Waals surface area contributed by atoms with Crippen LogP contribution in [-0.4, -0.2) is 15.2 Å². The van der Waals surface area contributed by atoms with Crippen LogP contribution in [0.1, 0.15) is 35.9 Å². The van der Waals surface area contributed by atoms with Gasteiger partial charge in [-0.05, 0) is 19.4 Å². The van der Waals surface area contributed by atoms with E-state index in [-0.39, 0.29) is 5.89 Å². The Balaban J connectivity index is 2.11. The lowest BCUT2D eigenvalue weighted by Gasteiger charge is -1.97. The van der Waals surface area contributed by atoms with Crippen molar-refractivity contribution in [1.29, 1.82) is 0 Å². The van der Waals surface area contributed by atoms with Crippen LogP contribution in [0.25, 0.3) is 0 Å². The standard InChI is InChI=1S/C12H14N2O2/c1-8-3-5-10(6-4-8)7-11-13-12(9(2)15)16-14-11/h3-6,9,15H,7H2,1-2H3. The van der Waals surface area contributed by atoms with E-state index in [9.17, 15) is 5.11 Å². The van der Waals surface area contributed by atoms with Crippen LogP contribution < -0.4 is 0 Å². The van der Waals surface area contributed by atoms with Crippen LogP contribution in [0.2, 0.25) is 0 Å². The molecule has 0 radical (unpaired) electrons. The SMILES string of the molecule is Cc1ccc(Cc2noc(C(C)O)n2)cc1. The fraction of sp³-hybridized carbons (Fsp3) is 0.333. The molecular weight excluding hydrogens is 204 g/mol. The molecule has 1 atom stereocenters. The summed E-state index contributed by atoms with van der Waals surface area (Å²) in [6, 6.07) is 8.16. The smallest absolute Gasteiger partial charge is 0.255 e. The van der Waals surface area contributed by atoms with E-state index < -0.39 is 6.10 Å². The van der Waals surface area contributed by atoms with Gasteiger partial charge >= 0.3 is 0 Å². The summed E-state index contributed by atoms with van der Waals surface area (Å²) >= 11 is 0. The highest BCUT2D eigenvalue weighted by molar-refractivity contribution is 5.23. The number of nitrogens with zero attached hydrogens (tertiary/aromatic N) is 2. The minimum atomic E-state index is -0.709. The fourth-order valence-electron chi connectivity index (χ4n) is 1.40. The molecule has 0 aliphatic carbocycles. The van der Waals surface area contributed by atoms with Crippen molar-refractivity contribution in [3.05, 3.63) is 47.1 Å². The highest BCUT2D eigenvalue weighted by atomic mass is 16.5. The van der Waals surface area contributed by atoms with Crippen molar-refractivity contribution in [1.82, 2.24) is 10.1 Å². The van der Waals surface area contributed by atoms with Gasteiger partial charge in [-0.3, -0.25) is 0 Å². The molecule has 4 heteroatoms. The van der Waals surface area contributed by atoms with E-state index in [1.165, 1.54) is 5.56 Å². The lowest BCUT2D eigenvalue weighted by molar-refractivity contribution is 0.151. The molecule has 0 saturated carbocycles. The molecule has 2 rings (SSSR count). The molecule has 2 aromatic rings. The van der Waals surface area contributed by atoms with E-state index in [0.717, 1.165) is 5.56 Å². The maximum Gasteiger partial charge on any atom is 0.255 e. The number of aryl methyl sites for hydroxylation is 1.